The van der Waals surface area contributed by atoms with E-state index in [0.29, 0.717) is 6.42 Å². The predicted molar refractivity (Wildman–Crippen MR) is 218 cm³/mol. The van der Waals surface area contributed by atoms with Gasteiger partial charge in [0.1, 0.15) is 42.6 Å². The second kappa shape index (κ2) is 23.7. The van der Waals surface area contributed by atoms with Crippen molar-refractivity contribution in [3.05, 3.63) is 22.1 Å². The minimum Gasteiger partial charge on any atom is -0.462 e. The molecule has 0 saturated carbocycles. The molecule has 0 aromatic carbocycles. The Morgan fingerprint density at radius 2 is 1.49 bits per heavy atom. The number of carbonyl (C=O) groups excluding carboxylic acids is 4. The minimum atomic E-state index is -5.77. The van der Waals surface area contributed by atoms with E-state index in [1.807, 2.05) is 0 Å². The number of hydrogen-bond acceptors (Lipinski definition) is 20. The van der Waals surface area contributed by atoms with Crippen molar-refractivity contribution in [2.45, 2.75) is 153 Å². The number of aliphatic hydroxyl groups is 2. The number of rotatable bonds is 24. The summed E-state index contributed by atoms with van der Waals surface area (Å²) < 4.78 is 76.5. The van der Waals surface area contributed by atoms with E-state index in [1.165, 1.54) is 18.9 Å². The molecule has 2 aliphatic rings. The number of nitrogens with one attached hydrogen (secondary N) is 2. The average Bonchev–Trinajstić information content (AvgIpc) is 3.73. The smallest absolute Gasteiger partial charge is 0.462 e. The number of esters is 4. The van der Waals surface area contributed by atoms with Crippen LogP contribution in [0.25, 0.3) is 11.0 Å². The molecule has 356 valence electrons. The summed E-state index contributed by atoms with van der Waals surface area (Å²) in [5.74, 6) is -4.20. The van der Waals surface area contributed by atoms with E-state index in [4.69, 9.17) is 59.3 Å². The summed E-state index contributed by atoms with van der Waals surface area (Å²) >= 11 is 4.88. The van der Waals surface area contributed by atoms with E-state index in [1.54, 1.807) is 0 Å². The number of phosphoric acid groups is 1. The normalized spacial score (nSPS) is 27.2. The van der Waals surface area contributed by atoms with Gasteiger partial charge in [-0.1, -0.05) is 58.3 Å². The van der Waals surface area contributed by atoms with Gasteiger partial charge in [0.25, 0.3) is 5.56 Å². The van der Waals surface area contributed by atoms with Gasteiger partial charge in [0.2, 0.25) is 12.2 Å². The van der Waals surface area contributed by atoms with Crippen molar-refractivity contribution in [1.29, 1.82) is 0 Å². The highest BCUT2D eigenvalue weighted by Crippen LogP contribution is 2.62. The number of fused-ring (bicyclic) bond motifs is 1. The van der Waals surface area contributed by atoms with E-state index in [-0.39, 0.29) is 29.1 Å². The molecule has 0 aliphatic carbocycles. The zero-order valence-electron chi connectivity index (χ0n) is 35.0. The number of hydrogen-bond donors (Lipinski definition) is 7. The van der Waals surface area contributed by atoms with Gasteiger partial charge in [0.15, 0.2) is 24.5 Å². The molecule has 8 N–H and O–H groups in total. The molecule has 0 bridgehead atoms. The molecule has 0 radical (unpaired) electrons. The fourth-order valence-electron chi connectivity index (χ4n) is 6.93. The van der Waals surface area contributed by atoms with Crippen molar-refractivity contribution in [2.75, 3.05) is 18.9 Å². The molecular weight excluding hydrogens is 905 g/mol. The van der Waals surface area contributed by atoms with Crippen LogP contribution in [-0.2, 0) is 77.3 Å². The lowest BCUT2D eigenvalue weighted by atomic mass is 9.95. The van der Waals surface area contributed by atoms with Crippen molar-refractivity contribution in [2.24, 2.45) is 0 Å². The summed E-state index contributed by atoms with van der Waals surface area (Å²) in [6, 6.07) is 1.34. The largest absolute Gasteiger partial charge is 0.481 e. The number of anilines is 1. The summed E-state index contributed by atoms with van der Waals surface area (Å²) in [5, 5.41) is 21.4. The molecule has 4 rings (SSSR count). The van der Waals surface area contributed by atoms with E-state index in [2.05, 4.69) is 21.9 Å². The number of aromatic nitrogens is 3. The van der Waals surface area contributed by atoms with Crippen LogP contribution in [0.2, 0.25) is 0 Å². The maximum atomic E-state index is 16.1. The van der Waals surface area contributed by atoms with Gasteiger partial charge in [-0.3, -0.25) is 33.5 Å². The number of ether oxygens (including phenoxy) is 6. The second-order valence-electron chi connectivity index (χ2n) is 14.9. The highest BCUT2D eigenvalue weighted by Gasteiger charge is 2.57. The van der Waals surface area contributed by atoms with Gasteiger partial charge in [0.05, 0.1) is 12.1 Å². The third-order valence-corrected chi connectivity index (χ3v) is 13.2. The molecule has 2 aromatic rings. The molecule has 2 aliphatic heterocycles. The molecule has 2 aromatic heterocycles. The first kappa shape index (κ1) is 52.2. The number of nitrogen functional groups attached to an aromatic ring is 1. The van der Waals surface area contributed by atoms with Crippen molar-refractivity contribution in [3.8, 4) is 0 Å². The van der Waals surface area contributed by atoms with Crippen LogP contribution < -0.4 is 11.3 Å². The quantitative estimate of drug-likeness (QED) is 0.0344. The van der Waals surface area contributed by atoms with Crippen LogP contribution in [-0.4, -0.2) is 127 Å². The Labute approximate surface area is 365 Å². The molecular formula is C36H55FN4O19P2S. The van der Waals surface area contributed by atoms with Crippen LogP contribution >= 0.6 is 14.5 Å². The molecule has 2 fully saturated rings. The number of nitrogens with zero attached hydrogens (tertiary/aromatic N) is 1. The fourth-order valence-corrected chi connectivity index (χ4v) is 10.0. The van der Waals surface area contributed by atoms with Gasteiger partial charge in [-0.15, -0.1) is 0 Å². The third-order valence-electron chi connectivity index (χ3n) is 9.72. The van der Waals surface area contributed by atoms with Gasteiger partial charge in [-0.25, -0.2) is 18.3 Å². The zero-order valence-corrected chi connectivity index (χ0v) is 37.6. The first-order valence-electron chi connectivity index (χ1n) is 20.2. The van der Waals surface area contributed by atoms with E-state index in [0.717, 1.165) is 59.3 Å². The Balaban J connectivity index is 1.44. The Morgan fingerprint density at radius 1 is 0.905 bits per heavy atom. The summed E-state index contributed by atoms with van der Waals surface area (Å²) in [7, 11) is -5.77. The predicted octanol–water partition coefficient (Wildman–Crippen LogP) is 2.68. The molecule has 27 heteroatoms. The third kappa shape index (κ3) is 15.6. The first-order valence-corrected chi connectivity index (χ1v) is 24.3. The fraction of sp³-hybridized carbons (Fsp3) is 0.722. The van der Waals surface area contributed by atoms with Gasteiger partial charge < -0.3 is 63.7 Å². The van der Waals surface area contributed by atoms with Crippen molar-refractivity contribution in [3.63, 3.8) is 0 Å². The van der Waals surface area contributed by atoms with Crippen LogP contribution in [0.15, 0.2) is 10.9 Å². The van der Waals surface area contributed by atoms with E-state index in [9.17, 15) is 48.5 Å². The molecule has 0 spiro atoms. The van der Waals surface area contributed by atoms with Gasteiger partial charge in [-0.2, -0.15) is 0 Å². The highest BCUT2D eigenvalue weighted by atomic mass is 32.5. The van der Waals surface area contributed by atoms with E-state index < -0.39 is 118 Å². The van der Waals surface area contributed by atoms with Crippen molar-refractivity contribution in [1.82, 2.24) is 15.0 Å². The number of carbonyl (C=O) groups is 4. The lowest BCUT2D eigenvalue weighted by Gasteiger charge is -2.45. The topological polar surface area (TPSA) is 337 Å². The SMILES string of the molecule is CCCCCCCCCCCC(=O)OC[C@H](F)C1O[C@@H](OP(=O)(O)OP(O)(=S)OC[C@H]2O[C@@H](c3cc4nc(N)[nH]c(=O)c4[nH]3)C(O)[C@H]2O)[C@H](OC(C)=O)C(OC(C)=O)[C@@H]1OC(C)=O. The minimum absolute atomic E-state index is 0.0162. The first-order chi connectivity index (χ1) is 29.6. The number of H-pyrrole nitrogens is 2. The van der Waals surface area contributed by atoms with Crippen LogP contribution in [0.5, 0.6) is 0 Å². The monoisotopic (exact) mass is 960 g/mol. The number of halogens is 1. The molecule has 0 amide bonds. The van der Waals surface area contributed by atoms with E-state index >= 15 is 4.39 Å². The average molecular weight is 961 g/mol. The summed E-state index contributed by atoms with van der Waals surface area (Å²) in [6.45, 7) is -1.94. The maximum Gasteiger partial charge on any atom is 0.481 e. The number of aromatic amines is 2. The van der Waals surface area contributed by atoms with Crippen LogP contribution in [0.3, 0.4) is 0 Å². The molecule has 63 heavy (non-hydrogen) atoms. The maximum absolute atomic E-state index is 16.1. The van der Waals surface area contributed by atoms with Gasteiger partial charge in [0, 0.05) is 32.9 Å². The summed E-state index contributed by atoms with van der Waals surface area (Å²) in [4.78, 5) is 92.0. The Bertz CT molecular complexity index is 2040. The molecule has 12 atom stereocenters. The molecule has 5 unspecified atom stereocenters. The summed E-state index contributed by atoms with van der Waals surface area (Å²) in [6.07, 6.45) is -10.2. The van der Waals surface area contributed by atoms with Crippen LogP contribution in [0, 0.1) is 0 Å². The van der Waals surface area contributed by atoms with Crippen LogP contribution in [0.1, 0.15) is 104 Å². The number of nitrogens with two attached hydrogens (primary N) is 1. The molecule has 2 saturated heterocycles. The lowest BCUT2D eigenvalue weighted by molar-refractivity contribution is -0.296. The molecule has 23 nitrogen and oxygen atoms in total. The van der Waals surface area contributed by atoms with Gasteiger partial charge >= 0.3 is 38.4 Å². The second-order valence-corrected chi connectivity index (χ2v) is 19.3. The van der Waals surface area contributed by atoms with Crippen molar-refractivity contribution < 1.29 is 89.9 Å². The highest BCUT2D eigenvalue weighted by molar-refractivity contribution is 8.08. The number of unbranched alkanes of at least 4 members (excludes halogenated alkanes) is 8. The van der Waals surface area contributed by atoms with Crippen molar-refractivity contribution >= 4 is 67.2 Å². The Kier molecular flexibility index (Phi) is 19.6. The van der Waals surface area contributed by atoms with Crippen LogP contribution in [0.4, 0.5) is 10.3 Å². The van der Waals surface area contributed by atoms with Gasteiger partial charge in [-0.05, 0) is 24.3 Å². The number of phosphoric ester groups is 1. The standard InChI is InChI=1S/C36H55FN4O19P2S/c1-5-6-7-8-9-10-11-12-13-14-25(45)52-16-21(37)29-31(54-18(2)42)32(55-19(3)43)33(56-20(4)44)35(58-29)59-61(49,50)60-62(51,63)53-17-24-27(46)28(47)30(57-24)23-15-22-26(39-23)34(48)41-36(38)40-22/h15,21,24,27-33,35,39,46-47H,5-14,16-17H2,1-4H3,(H,49,50)(H,51,63)(H3,38,40,41,48)/t21-,24+,27-,28?,29?,30-,31+,32?,33+,35-,62?/m0/s1. The number of aliphatic hydroxyl groups excluding tert-OH is 2. The number of alkyl halides is 1. The lowest BCUT2D eigenvalue weighted by Crippen LogP contribution is -2.64. The Morgan fingerprint density at radius 3 is 2.11 bits per heavy atom. The Hall–Kier alpha value is -3.45. The zero-order chi connectivity index (χ0) is 46.6. The molecule has 4 heterocycles. The summed E-state index contributed by atoms with van der Waals surface area (Å²) in [5.41, 5.74) is 5.14.